The summed E-state index contributed by atoms with van der Waals surface area (Å²) >= 11 is 3.37. The van der Waals surface area contributed by atoms with Crippen LogP contribution in [0.2, 0.25) is 0 Å². The molecule has 1 heterocycles. The fourth-order valence-electron chi connectivity index (χ4n) is 2.34. The molecule has 3 heteroatoms. The van der Waals surface area contributed by atoms with Crippen LogP contribution in [0, 0.1) is 5.92 Å². The van der Waals surface area contributed by atoms with Gasteiger partial charge < -0.3 is 0 Å². The van der Waals surface area contributed by atoms with E-state index in [2.05, 4.69) is 25.9 Å². The Hall–Kier alpha value is -0.440. The third-order valence-electron chi connectivity index (χ3n) is 3.13. The van der Waals surface area contributed by atoms with Crippen molar-refractivity contribution in [2.45, 2.75) is 24.7 Å². The lowest BCUT2D eigenvalue weighted by Crippen LogP contribution is -2.56. The van der Waals surface area contributed by atoms with Gasteiger partial charge in [0.25, 0.3) is 0 Å². The third kappa shape index (κ3) is 0.750. The van der Waals surface area contributed by atoms with Gasteiger partial charge in [-0.3, -0.25) is 0 Å². The van der Waals surface area contributed by atoms with E-state index in [1.807, 2.05) is 12.3 Å². The maximum Gasteiger partial charge on any atom is 0.135 e. The van der Waals surface area contributed by atoms with Crippen molar-refractivity contribution in [1.82, 2.24) is 9.97 Å². The van der Waals surface area contributed by atoms with Crippen molar-refractivity contribution in [3.63, 3.8) is 0 Å². The molecule has 2 nitrogen and oxygen atoms in total. The van der Waals surface area contributed by atoms with Gasteiger partial charge in [-0.25, -0.2) is 9.97 Å². The molecule has 0 radical (unpaired) electrons. The Kier molecular flexibility index (Phi) is 1.21. The Morgan fingerprint density at radius 2 is 2.17 bits per heavy atom. The summed E-state index contributed by atoms with van der Waals surface area (Å²) in [7, 11) is 0. The van der Waals surface area contributed by atoms with Gasteiger partial charge in [0.05, 0.1) is 0 Å². The topological polar surface area (TPSA) is 25.8 Å². The fraction of sp³-hybridized carbons (Fsp3) is 0.556. The van der Waals surface area contributed by atoms with Gasteiger partial charge in [-0.1, -0.05) is 0 Å². The van der Waals surface area contributed by atoms with Crippen LogP contribution in [0.3, 0.4) is 0 Å². The number of rotatable bonds is 1. The van der Waals surface area contributed by atoms with Gasteiger partial charge in [0.2, 0.25) is 0 Å². The van der Waals surface area contributed by atoms with Gasteiger partial charge in [0, 0.05) is 11.6 Å². The summed E-state index contributed by atoms with van der Waals surface area (Å²) in [5.74, 6) is 2.05. The van der Waals surface area contributed by atoms with Crippen LogP contribution in [0.5, 0.6) is 0 Å². The van der Waals surface area contributed by atoms with Crippen molar-refractivity contribution < 1.29 is 0 Å². The Morgan fingerprint density at radius 1 is 1.42 bits per heavy atom. The van der Waals surface area contributed by atoms with Crippen LogP contribution in [0.4, 0.5) is 0 Å². The Bertz CT molecular complexity index is 320. The lowest BCUT2D eigenvalue weighted by molar-refractivity contribution is -0.0347. The Balaban J connectivity index is 2.01. The predicted octanol–water partition coefficient (Wildman–Crippen LogP) is 2.29. The molecule has 0 saturated heterocycles. The molecule has 0 spiro atoms. The standard InChI is InChI=1S/C9H9BrN2/c10-7-1-2-11-8(12-7)9-3-6(4-9)5-9/h1-2,6H,3-5H2. The van der Waals surface area contributed by atoms with Gasteiger partial charge in [0.1, 0.15) is 10.4 Å². The molecule has 0 N–H and O–H groups in total. The summed E-state index contributed by atoms with van der Waals surface area (Å²) < 4.78 is 0.914. The highest BCUT2D eigenvalue weighted by atomic mass is 79.9. The molecule has 1 aromatic rings. The highest BCUT2D eigenvalue weighted by Gasteiger charge is 2.59. The van der Waals surface area contributed by atoms with Crippen molar-refractivity contribution in [3.8, 4) is 0 Å². The van der Waals surface area contributed by atoms with Gasteiger partial charge in [0.15, 0.2) is 0 Å². The SMILES string of the molecule is Brc1ccnc(C23CC(C2)C3)n1. The fourth-order valence-corrected chi connectivity index (χ4v) is 2.63. The van der Waals surface area contributed by atoms with Crippen LogP contribution in [0.25, 0.3) is 0 Å². The van der Waals surface area contributed by atoms with E-state index in [1.165, 1.54) is 19.3 Å². The summed E-state index contributed by atoms with van der Waals surface area (Å²) in [5.41, 5.74) is 0.397. The molecule has 0 atom stereocenters. The van der Waals surface area contributed by atoms with E-state index < -0.39 is 0 Å². The third-order valence-corrected chi connectivity index (χ3v) is 3.58. The van der Waals surface area contributed by atoms with Crippen molar-refractivity contribution >= 4 is 15.9 Å². The van der Waals surface area contributed by atoms with Crippen LogP contribution in [0.1, 0.15) is 25.1 Å². The first-order valence-electron chi connectivity index (χ1n) is 4.28. The largest absolute Gasteiger partial charge is 0.241 e. The first kappa shape index (κ1) is 7.01. The Labute approximate surface area is 79.6 Å². The molecule has 3 aliphatic carbocycles. The normalized spacial score (nSPS) is 36.9. The van der Waals surface area contributed by atoms with E-state index in [0.717, 1.165) is 16.3 Å². The first-order valence-corrected chi connectivity index (χ1v) is 5.07. The van der Waals surface area contributed by atoms with E-state index >= 15 is 0 Å². The first-order chi connectivity index (χ1) is 5.78. The zero-order valence-electron chi connectivity index (χ0n) is 6.63. The van der Waals surface area contributed by atoms with E-state index in [4.69, 9.17) is 0 Å². The molecule has 0 amide bonds. The molecule has 2 bridgehead atoms. The zero-order chi connectivity index (χ0) is 8.18. The van der Waals surface area contributed by atoms with Crippen LogP contribution in [-0.2, 0) is 5.41 Å². The van der Waals surface area contributed by atoms with Crippen LogP contribution in [-0.4, -0.2) is 9.97 Å². The van der Waals surface area contributed by atoms with Gasteiger partial charge in [-0.15, -0.1) is 0 Å². The molecule has 3 saturated carbocycles. The van der Waals surface area contributed by atoms with Crippen LogP contribution < -0.4 is 0 Å². The number of aromatic nitrogens is 2. The van der Waals surface area contributed by atoms with Crippen molar-refractivity contribution in [2.75, 3.05) is 0 Å². The summed E-state index contributed by atoms with van der Waals surface area (Å²) in [6, 6.07) is 1.88. The smallest absolute Gasteiger partial charge is 0.135 e. The average Bonchev–Trinajstić information content (AvgIpc) is 1.79. The monoisotopic (exact) mass is 224 g/mol. The zero-order valence-corrected chi connectivity index (χ0v) is 8.21. The van der Waals surface area contributed by atoms with Crippen molar-refractivity contribution in [1.29, 1.82) is 0 Å². The quantitative estimate of drug-likeness (QED) is 0.685. The van der Waals surface area contributed by atoms with Gasteiger partial charge in [-0.05, 0) is 47.2 Å². The summed E-state index contributed by atoms with van der Waals surface area (Å²) in [5, 5.41) is 0. The number of halogens is 1. The molecule has 3 fully saturated rings. The minimum atomic E-state index is 0.397. The van der Waals surface area contributed by atoms with E-state index in [-0.39, 0.29) is 0 Å². The average molecular weight is 225 g/mol. The molecule has 62 valence electrons. The molecule has 0 aromatic carbocycles. The summed E-state index contributed by atoms with van der Waals surface area (Å²) in [6.45, 7) is 0. The second-order valence-corrected chi connectivity index (χ2v) is 4.77. The molecular formula is C9H9BrN2. The molecule has 1 aromatic heterocycles. The number of hydrogen-bond acceptors (Lipinski definition) is 2. The summed E-state index contributed by atoms with van der Waals surface area (Å²) in [6.07, 6.45) is 5.81. The molecule has 0 aliphatic heterocycles. The van der Waals surface area contributed by atoms with E-state index in [9.17, 15) is 0 Å². The maximum absolute atomic E-state index is 4.41. The number of hydrogen-bond donors (Lipinski definition) is 0. The highest BCUT2D eigenvalue weighted by Crippen LogP contribution is 2.64. The lowest BCUT2D eigenvalue weighted by Gasteiger charge is -2.60. The molecule has 4 rings (SSSR count). The molecule has 3 aliphatic rings. The molecular weight excluding hydrogens is 216 g/mol. The minimum Gasteiger partial charge on any atom is -0.241 e. The van der Waals surface area contributed by atoms with Crippen molar-refractivity contribution in [2.24, 2.45) is 5.92 Å². The van der Waals surface area contributed by atoms with Gasteiger partial charge in [-0.2, -0.15) is 0 Å². The van der Waals surface area contributed by atoms with Crippen LogP contribution in [0.15, 0.2) is 16.9 Å². The molecule has 12 heavy (non-hydrogen) atoms. The minimum absolute atomic E-state index is 0.397. The van der Waals surface area contributed by atoms with E-state index in [1.54, 1.807) is 0 Å². The van der Waals surface area contributed by atoms with E-state index in [0.29, 0.717) is 5.41 Å². The maximum atomic E-state index is 4.41. The van der Waals surface area contributed by atoms with Gasteiger partial charge >= 0.3 is 0 Å². The number of nitrogens with zero attached hydrogens (tertiary/aromatic N) is 2. The summed E-state index contributed by atoms with van der Waals surface area (Å²) in [4.78, 5) is 8.74. The predicted molar refractivity (Wildman–Crippen MR) is 48.8 cm³/mol. The molecule has 0 unspecified atom stereocenters. The second-order valence-electron chi connectivity index (χ2n) is 3.96. The van der Waals surface area contributed by atoms with Crippen LogP contribution >= 0.6 is 15.9 Å². The van der Waals surface area contributed by atoms with Crippen molar-refractivity contribution in [3.05, 3.63) is 22.7 Å². The Morgan fingerprint density at radius 3 is 2.67 bits per heavy atom. The lowest BCUT2D eigenvalue weighted by atomic mass is 9.44. The highest BCUT2D eigenvalue weighted by molar-refractivity contribution is 9.10. The second kappa shape index (κ2) is 2.08.